The molecule has 0 spiro atoms. The fourth-order valence-corrected chi connectivity index (χ4v) is 1.87. The maximum atomic E-state index is 5.90. The first-order valence-electron chi connectivity index (χ1n) is 4.75. The highest BCUT2D eigenvalue weighted by atomic mass is 79.9. The monoisotopic (exact) mass is 274 g/mol. The molecule has 0 heterocycles. The lowest BCUT2D eigenvalue weighted by Crippen LogP contribution is -2.16. The lowest BCUT2D eigenvalue weighted by atomic mass is 9.88. The van der Waals surface area contributed by atoms with Crippen LogP contribution in [0.5, 0.6) is 0 Å². The summed E-state index contributed by atoms with van der Waals surface area (Å²) in [4.78, 5) is 0. The second-order valence-corrected chi connectivity index (χ2v) is 5.68. The van der Waals surface area contributed by atoms with Gasteiger partial charge in [-0.2, -0.15) is 0 Å². The summed E-state index contributed by atoms with van der Waals surface area (Å²) in [6, 6.07) is 6.50. The van der Waals surface area contributed by atoms with Crippen molar-refractivity contribution in [2.24, 2.45) is 5.41 Å². The van der Waals surface area contributed by atoms with E-state index >= 15 is 0 Å². The highest BCUT2D eigenvalue weighted by Gasteiger charge is 2.17. The molecule has 0 aliphatic rings. The Labute approximate surface area is 99.8 Å². The Hall–Kier alpha value is -0.0100. The van der Waals surface area contributed by atoms with E-state index in [1.807, 2.05) is 0 Å². The molecule has 0 radical (unpaired) electrons. The van der Waals surface area contributed by atoms with Crippen LogP contribution in [0.1, 0.15) is 25.0 Å². The lowest BCUT2D eigenvalue weighted by Gasteiger charge is -2.21. The number of aryl methyl sites for hydroxylation is 1. The van der Waals surface area contributed by atoms with Crippen LogP contribution in [0.15, 0.2) is 22.7 Å². The van der Waals surface area contributed by atoms with Crippen molar-refractivity contribution in [1.29, 1.82) is 0 Å². The van der Waals surface area contributed by atoms with Gasteiger partial charge in [-0.15, -0.1) is 11.6 Å². The molecule has 1 aromatic rings. The first-order valence-corrected chi connectivity index (χ1v) is 6.08. The summed E-state index contributed by atoms with van der Waals surface area (Å²) < 4.78 is 1.18. The number of hydrogen-bond acceptors (Lipinski definition) is 0. The molecule has 1 aromatic carbocycles. The van der Waals surface area contributed by atoms with E-state index in [1.54, 1.807) is 0 Å². The minimum absolute atomic E-state index is 0.177. The van der Waals surface area contributed by atoms with E-state index in [2.05, 4.69) is 54.9 Å². The predicted molar refractivity (Wildman–Crippen MR) is 67.1 cm³/mol. The Balaban J connectivity index is 2.83. The molecule has 78 valence electrons. The maximum Gasteiger partial charge on any atom is 0.0277 e. The van der Waals surface area contributed by atoms with Crippen molar-refractivity contribution in [2.45, 2.75) is 27.2 Å². The van der Waals surface area contributed by atoms with Gasteiger partial charge in [0.25, 0.3) is 0 Å². The van der Waals surface area contributed by atoms with Crippen molar-refractivity contribution < 1.29 is 0 Å². The van der Waals surface area contributed by atoms with E-state index in [0.29, 0.717) is 5.88 Å². The zero-order chi connectivity index (χ0) is 10.8. The minimum atomic E-state index is 0.177. The van der Waals surface area contributed by atoms with Gasteiger partial charge in [-0.25, -0.2) is 0 Å². The standard InChI is InChI=1S/C12H16BrCl/c1-9-4-5-10(6-11(9)13)7-12(2,3)8-14/h4-6H,7-8H2,1-3H3. The van der Waals surface area contributed by atoms with E-state index in [1.165, 1.54) is 15.6 Å². The van der Waals surface area contributed by atoms with Crippen molar-refractivity contribution in [3.8, 4) is 0 Å². The highest BCUT2D eigenvalue weighted by Crippen LogP contribution is 2.26. The van der Waals surface area contributed by atoms with E-state index in [9.17, 15) is 0 Å². The van der Waals surface area contributed by atoms with Gasteiger partial charge in [0.2, 0.25) is 0 Å². The van der Waals surface area contributed by atoms with Crippen molar-refractivity contribution in [1.82, 2.24) is 0 Å². The summed E-state index contributed by atoms with van der Waals surface area (Å²) in [5.41, 5.74) is 2.79. The maximum absolute atomic E-state index is 5.90. The molecule has 0 aliphatic heterocycles. The predicted octanol–water partition coefficient (Wildman–Crippen LogP) is 4.57. The van der Waals surface area contributed by atoms with Gasteiger partial charge in [0.15, 0.2) is 0 Å². The smallest absolute Gasteiger partial charge is 0.0277 e. The van der Waals surface area contributed by atoms with E-state index in [-0.39, 0.29) is 5.41 Å². The Kier molecular flexibility index (Phi) is 4.03. The van der Waals surface area contributed by atoms with Gasteiger partial charge in [-0.1, -0.05) is 41.9 Å². The SMILES string of the molecule is Cc1ccc(CC(C)(C)CCl)cc1Br. The molecule has 0 atom stereocenters. The second-order valence-electron chi connectivity index (χ2n) is 4.56. The summed E-state index contributed by atoms with van der Waals surface area (Å²) in [6.07, 6.45) is 1.02. The Bertz CT molecular complexity index is 318. The van der Waals surface area contributed by atoms with E-state index in [4.69, 9.17) is 11.6 Å². The van der Waals surface area contributed by atoms with Crippen LogP contribution in [0, 0.1) is 12.3 Å². The van der Waals surface area contributed by atoms with Gasteiger partial charge in [0.1, 0.15) is 0 Å². The molecule has 0 unspecified atom stereocenters. The molecule has 14 heavy (non-hydrogen) atoms. The molecular formula is C12H16BrCl. The summed E-state index contributed by atoms with van der Waals surface area (Å²) in [6.45, 7) is 6.47. The normalized spacial score (nSPS) is 11.8. The van der Waals surface area contributed by atoms with Gasteiger partial charge < -0.3 is 0 Å². The topological polar surface area (TPSA) is 0 Å². The summed E-state index contributed by atoms with van der Waals surface area (Å²) in [7, 11) is 0. The average molecular weight is 276 g/mol. The number of benzene rings is 1. The lowest BCUT2D eigenvalue weighted by molar-refractivity contribution is 0.418. The summed E-state index contributed by atoms with van der Waals surface area (Å²) >= 11 is 9.44. The van der Waals surface area contributed by atoms with Crippen LogP contribution in [-0.4, -0.2) is 5.88 Å². The third-order valence-corrected chi connectivity index (χ3v) is 3.86. The molecule has 0 fully saturated rings. The molecule has 0 saturated carbocycles. The minimum Gasteiger partial charge on any atom is -0.126 e. The highest BCUT2D eigenvalue weighted by molar-refractivity contribution is 9.10. The summed E-state index contributed by atoms with van der Waals surface area (Å²) in [5.74, 6) is 0.693. The van der Waals surface area contributed by atoms with Gasteiger partial charge in [-0.3, -0.25) is 0 Å². The fraction of sp³-hybridized carbons (Fsp3) is 0.500. The Morgan fingerprint density at radius 2 is 2.00 bits per heavy atom. The fourth-order valence-electron chi connectivity index (χ4n) is 1.35. The number of hydrogen-bond donors (Lipinski definition) is 0. The quantitative estimate of drug-likeness (QED) is 0.709. The molecular weight excluding hydrogens is 259 g/mol. The average Bonchev–Trinajstić information content (AvgIpc) is 2.11. The second kappa shape index (κ2) is 4.67. The molecule has 0 N–H and O–H groups in total. The molecule has 0 aromatic heterocycles. The van der Waals surface area contributed by atoms with Crippen molar-refractivity contribution in [2.75, 3.05) is 5.88 Å². The molecule has 0 bridgehead atoms. The van der Waals surface area contributed by atoms with Gasteiger partial charge in [0.05, 0.1) is 0 Å². The van der Waals surface area contributed by atoms with Crippen LogP contribution in [0.3, 0.4) is 0 Å². The molecule has 2 heteroatoms. The zero-order valence-electron chi connectivity index (χ0n) is 8.90. The van der Waals surface area contributed by atoms with Crippen LogP contribution in [-0.2, 0) is 6.42 Å². The third-order valence-electron chi connectivity index (χ3n) is 2.28. The van der Waals surface area contributed by atoms with Crippen LogP contribution >= 0.6 is 27.5 Å². The van der Waals surface area contributed by atoms with Crippen LogP contribution in [0.2, 0.25) is 0 Å². The van der Waals surface area contributed by atoms with Crippen molar-refractivity contribution in [3.05, 3.63) is 33.8 Å². The first-order chi connectivity index (χ1) is 6.44. The van der Waals surface area contributed by atoms with Crippen molar-refractivity contribution >= 4 is 27.5 Å². The van der Waals surface area contributed by atoms with Crippen LogP contribution < -0.4 is 0 Å². The zero-order valence-corrected chi connectivity index (χ0v) is 11.2. The molecule has 0 amide bonds. The van der Waals surface area contributed by atoms with Crippen LogP contribution in [0.25, 0.3) is 0 Å². The number of halogens is 2. The van der Waals surface area contributed by atoms with Gasteiger partial charge in [0, 0.05) is 10.4 Å². The molecule has 0 nitrogen and oxygen atoms in total. The number of alkyl halides is 1. The largest absolute Gasteiger partial charge is 0.126 e. The summed E-state index contributed by atoms with van der Waals surface area (Å²) in [5, 5.41) is 0. The molecule has 0 saturated heterocycles. The van der Waals surface area contributed by atoms with Crippen molar-refractivity contribution in [3.63, 3.8) is 0 Å². The van der Waals surface area contributed by atoms with E-state index in [0.717, 1.165) is 6.42 Å². The Morgan fingerprint density at radius 3 is 2.50 bits per heavy atom. The molecule has 0 aliphatic carbocycles. The van der Waals surface area contributed by atoms with Gasteiger partial charge >= 0.3 is 0 Å². The van der Waals surface area contributed by atoms with Crippen LogP contribution in [0.4, 0.5) is 0 Å². The van der Waals surface area contributed by atoms with Gasteiger partial charge in [-0.05, 0) is 36.0 Å². The third kappa shape index (κ3) is 3.29. The molecule has 1 rings (SSSR count). The Morgan fingerprint density at radius 1 is 1.36 bits per heavy atom. The van der Waals surface area contributed by atoms with E-state index < -0.39 is 0 Å². The first kappa shape index (κ1) is 12.1. The number of rotatable bonds is 3.